The number of methoxy groups -OCH3 is 1. The van der Waals surface area contributed by atoms with Crippen LogP contribution in [0.25, 0.3) is 0 Å². The van der Waals surface area contributed by atoms with Crippen LogP contribution in [-0.4, -0.2) is 150 Å². The largest absolute Gasteiger partial charge is 0.497 e. The Hall–Kier alpha value is -6.15. The Labute approximate surface area is 414 Å². The molecule has 0 unspecified atom stereocenters. The van der Waals surface area contributed by atoms with Crippen LogP contribution < -0.4 is 64.9 Å². The zero-order valence-corrected chi connectivity index (χ0v) is 41.7. The molecular formula is C44H68N12O12S2. The quantitative estimate of drug-likeness (QED) is 0.0642. The van der Waals surface area contributed by atoms with E-state index in [0.29, 0.717) is 24.2 Å². The van der Waals surface area contributed by atoms with Crippen molar-refractivity contribution in [3.05, 3.63) is 29.8 Å². The normalized spacial score (nSPS) is 24.1. The Morgan fingerprint density at radius 3 is 2.00 bits per heavy atom. The van der Waals surface area contributed by atoms with E-state index in [0.717, 1.165) is 21.6 Å². The fraction of sp³-hybridized carbons (Fsp3) is 0.614. The van der Waals surface area contributed by atoms with Gasteiger partial charge in [0.1, 0.15) is 48.0 Å². The molecule has 388 valence electrons. The molecule has 26 heteroatoms. The van der Waals surface area contributed by atoms with Gasteiger partial charge in [-0.1, -0.05) is 67.8 Å². The molecule has 70 heavy (non-hydrogen) atoms. The second-order valence-corrected chi connectivity index (χ2v) is 20.1. The summed E-state index contributed by atoms with van der Waals surface area (Å²) >= 11 is 0. The van der Waals surface area contributed by atoms with Crippen molar-refractivity contribution in [2.45, 2.75) is 127 Å². The van der Waals surface area contributed by atoms with Crippen LogP contribution in [0.5, 0.6) is 5.75 Å². The Bertz CT molecular complexity index is 2060. The van der Waals surface area contributed by atoms with Gasteiger partial charge in [-0.25, -0.2) is 0 Å². The van der Waals surface area contributed by atoms with Crippen LogP contribution in [-0.2, 0) is 59.2 Å². The van der Waals surface area contributed by atoms with Gasteiger partial charge in [0, 0.05) is 30.9 Å². The number of hydrogen-bond acceptors (Lipinski definition) is 15. The average Bonchev–Trinajstić information content (AvgIpc) is 3.80. The van der Waals surface area contributed by atoms with E-state index in [2.05, 4.69) is 37.2 Å². The highest BCUT2D eigenvalue weighted by molar-refractivity contribution is 8.76. The summed E-state index contributed by atoms with van der Waals surface area (Å²) in [5, 5.41) is 18.0. The van der Waals surface area contributed by atoms with Gasteiger partial charge in [-0.15, -0.1) is 0 Å². The highest BCUT2D eigenvalue weighted by Gasteiger charge is 2.41. The molecule has 2 fully saturated rings. The van der Waals surface area contributed by atoms with Gasteiger partial charge < -0.3 is 69.8 Å². The predicted molar refractivity (Wildman–Crippen MR) is 259 cm³/mol. The van der Waals surface area contributed by atoms with Gasteiger partial charge in [0.25, 0.3) is 0 Å². The van der Waals surface area contributed by atoms with Crippen molar-refractivity contribution < 1.29 is 57.5 Å². The lowest BCUT2D eigenvalue weighted by atomic mass is 9.96. The number of nitrogens with zero attached hydrogens (tertiary/aromatic N) is 1. The third-order valence-electron chi connectivity index (χ3n) is 11.5. The maximum atomic E-state index is 14.5. The molecule has 0 aromatic heterocycles. The van der Waals surface area contributed by atoms with Crippen molar-refractivity contribution in [1.29, 1.82) is 0 Å². The van der Waals surface area contributed by atoms with Crippen molar-refractivity contribution in [2.24, 2.45) is 34.8 Å². The van der Waals surface area contributed by atoms with Crippen LogP contribution in [0.3, 0.4) is 0 Å². The molecule has 3 rings (SSSR count). The third-order valence-corrected chi connectivity index (χ3v) is 14.0. The molecule has 2 heterocycles. The van der Waals surface area contributed by atoms with Crippen molar-refractivity contribution in [1.82, 2.24) is 42.1 Å². The summed E-state index contributed by atoms with van der Waals surface area (Å²) in [6.07, 6.45) is -0.578. The minimum atomic E-state index is -1.74. The molecular weight excluding hydrogens is 953 g/mol. The fourth-order valence-corrected chi connectivity index (χ4v) is 9.75. The summed E-state index contributed by atoms with van der Waals surface area (Å²) < 4.78 is 5.25. The molecule has 0 radical (unpaired) electrons. The number of ether oxygens (including phenoxy) is 1. The summed E-state index contributed by atoms with van der Waals surface area (Å²) in [4.78, 5) is 148. The summed E-state index contributed by atoms with van der Waals surface area (Å²) in [7, 11) is 3.56. The van der Waals surface area contributed by atoms with Gasteiger partial charge in [0.2, 0.25) is 65.0 Å². The fourth-order valence-electron chi connectivity index (χ4n) is 7.47. The molecule has 0 spiro atoms. The Morgan fingerprint density at radius 2 is 1.40 bits per heavy atom. The standard InChI is InChI=1S/C44H68N12O12S2/c1-6-23(4)36-43(66)50-27(13-14-33(46)57)39(62)52-30(18-34(47)58)40(63)54-31(44(67)56-15-7-8-32(56)42(65)53-28(16-22(2)3)38(61)49-19-35(48)59)21-70-69-20-26(45)37(60)51-29(41(64)55-36)17-24-9-11-25(68-5)12-10-24/h9-12,22-23,26-32,36H,6-8,13-21,45H2,1-5H3,(H2,46,57)(H2,47,58)(H2,48,59)(H,49,61)(H,50,66)(H,51,60)(H,52,62)(H,53,65)(H,54,63)(H,55,64)/t23-,26+,27+,28-,29+,30-,31-,32+,36-/m0/s1. The summed E-state index contributed by atoms with van der Waals surface area (Å²) in [6, 6.07) is -4.06. The lowest BCUT2D eigenvalue weighted by molar-refractivity contribution is -0.142. The van der Waals surface area contributed by atoms with E-state index < -0.39 is 139 Å². The molecule has 2 aliphatic rings. The Balaban J connectivity index is 2.06. The number of nitrogens with one attached hydrogen (secondary N) is 7. The maximum absolute atomic E-state index is 14.5. The first-order valence-electron chi connectivity index (χ1n) is 22.9. The molecule has 2 aliphatic heterocycles. The van der Waals surface area contributed by atoms with Crippen LogP contribution in [0.15, 0.2) is 24.3 Å². The topological polar surface area (TPSA) is 389 Å². The minimum absolute atomic E-state index is 0.0458. The molecule has 1 aromatic carbocycles. The number of hydrogen-bond donors (Lipinski definition) is 11. The van der Waals surface area contributed by atoms with E-state index in [9.17, 15) is 52.7 Å². The van der Waals surface area contributed by atoms with E-state index in [1.54, 1.807) is 38.1 Å². The molecule has 24 nitrogen and oxygen atoms in total. The third kappa shape index (κ3) is 18.6. The first-order valence-corrected chi connectivity index (χ1v) is 25.4. The lowest BCUT2D eigenvalue weighted by Crippen LogP contribution is -2.61. The summed E-state index contributed by atoms with van der Waals surface area (Å²) in [6.45, 7) is 6.65. The second kappa shape index (κ2) is 28.5. The van der Waals surface area contributed by atoms with Crippen molar-refractivity contribution in [3.63, 3.8) is 0 Å². The zero-order valence-electron chi connectivity index (χ0n) is 40.0. The molecule has 0 aliphatic carbocycles. The van der Waals surface area contributed by atoms with Crippen LogP contribution in [0.4, 0.5) is 0 Å². The number of likely N-dealkylation sites (tertiary alicyclic amines) is 1. The van der Waals surface area contributed by atoms with Gasteiger partial charge in [-0.05, 0) is 55.2 Å². The van der Waals surface area contributed by atoms with Gasteiger partial charge >= 0.3 is 0 Å². The molecule has 11 amide bonds. The molecule has 2 saturated heterocycles. The second-order valence-electron chi connectivity index (χ2n) is 17.6. The van der Waals surface area contributed by atoms with Gasteiger partial charge in [-0.2, -0.15) is 0 Å². The van der Waals surface area contributed by atoms with Gasteiger partial charge in [0.15, 0.2) is 0 Å². The molecule has 15 N–H and O–H groups in total. The Kier molecular flexibility index (Phi) is 23.7. The van der Waals surface area contributed by atoms with Crippen LogP contribution in [0.2, 0.25) is 0 Å². The monoisotopic (exact) mass is 1020 g/mol. The first kappa shape index (κ1) is 58.2. The number of benzene rings is 1. The predicted octanol–water partition coefficient (Wildman–Crippen LogP) is -3.31. The smallest absolute Gasteiger partial charge is 0.246 e. The Morgan fingerprint density at radius 1 is 0.786 bits per heavy atom. The van der Waals surface area contributed by atoms with Crippen LogP contribution in [0.1, 0.15) is 78.2 Å². The number of carbonyl (C=O) groups excluding carboxylic acids is 11. The zero-order chi connectivity index (χ0) is 52.2. The number of carbonyl (C=O) groups is 11. The minimum Gasteiger partial charge on any atom is -0.497 e. The number of amides is 11. The number of primary amides is 3. The highest BCUT2D eigenvalue weighted by Crippen LogP contribution is 2.26. The highest BCUT2D eigenvalue weighted by atomic mass is 33.1. The number of nitrogens with two attached hydrogens (primary N) is 4. The van der Waals surface area contributed by atoms with E-state index in [4.69, 9.17) is 27.7 Å². The van der Waals surface area contributed by atoms with E-state index in [1.165, 1.54) is 12.0 Å². The molecule has 9 atom stereocenters. The SMILES string of the molecule is CC[C@H](C)[C@@H]1NC(=O)[C@@H](Cc2ccc(OC)cc2)NC(=O)[C@H](N)CSSC[C@@H](C(=O)N2CCC[C@@H]2C(=O)N[C@@H](CC(C)C)C(=O)NCC(N)=O)NC(=O)[C@H](CC(N)=O)NC(=O)[C@@H](CCC(N)=O)NC1=O. The first-order chi connectivity index (χ1) is 33.0. The molecule has 0 bridgehead atoms. The van der Waals surface area contributed by atoms with Crippen LogP contribution >= 0.6 is 21.6 Å². The van der Waals surface area contributed by atoms with E-state index >= 15 is 0 Å². The maximum Gasteiger partial charge on any atom is 0.246 e. The van der Waals surface area contributed by atoms with Crippen molar-refractivity contribution in [3.8, 4) is 5.75 Å². The molecule has 1 aromatic rings. The van der Waals surface area contributed by atoms with Gasteiger partial charge in [-0.3, -0.25) is 52.7 Å². The van der Waals surface area contributed by atoms with E-state index in [1.807, 2.05) is 13.8 Å². The molecule has 0 saturated carbocycles. The van der Waals surface area contributed by atoms with Crippen LogP contribution in [0, 0.1) is 11.8 Å². The summed E-state index contributed by atoms with van der Waals surface area (Å²) in [5.41, 5.74) is 23.1. The van der Waals surface area contributed by atoms with Crippen molar-refractivity contribution in [2.75, 3.05) is 31.7 Å². The van der Waals surface area contributed by atoms with Gasteiger partial charge in [0.05, 0.1) is 26.1 Å². The average molecular weight is 1020 g/mol. The lowest BCUT2D eigenvalue weighted by Gasteiger charge is -2.31. The van der Waals surface area contributed by atoms with Crippen molar-refractivity contribution >= 4 is 86.6 Å². The summed E-state index contributed by atoms with van der Waals surface area (Å²) in [5.74, 6) is -9.62. The van der Waals surface area contributed by atoms with E-state index in [-0.39, 0.29) is 49.7 Å². The number of rotatable bonds is 18.